The van der Waals surface area contributed by atoms with Gasteiger partial charge in [0.1, 0.15) is 23.7 Å². The first kappa shape index (κ1) is 29.5. The summed E-state index contributed by atoms with van der Waals surface area (Å²) in [5, 5.41) is 2.28. The van der Waals surface area contributed by atoms with Crippen molar-refractivity contribution < 1.29 is 23.9 Å². The van der Waals surface area contributed by atoms with Gasteiger partial charge < -0.3 is 9.47 Å². The third kappa shape index (κ3) is 6.74. The molecule has 0 aromatic heterocycles. The van der Waals surface area contributed by atoms with Crippen molar-refractivity contribution in [2.45, 2.75) is 20.0 Å². The van der Waals surface area contributed by atoms with Crippen LogP contribution < -0.4 is 19.7 Å². The fraction of sp³-hybridized carbons (Fsp3) is 0.121. The maximum Gasteiger partial charge on any atom is 0.335 e. The standard InChI is InChI=1S/C33H26BrIN2O5/c1-2-41-30-18-22(17-29(35)26(30)19-23-10-6-7-11-28(23)34)16-27-31(38)36-33(40)37(32(27)39)24-12-14-25(15-13-24)42-20-21-8-4-3-5-9-21/h3-18H,2,19-20H2,1H3,(H,36,38,40)/b27-16+. The molecule has 0 aliphatic carbocycles. The molecule has 1 aliphatic rings. The van der Waals surface area contributed by atoms with E-state index in [1.54, 1.807) is 24.3 Å². The van der Waals surface area contributed by atoms with Crippen LogP contribution in [0.15, 0.2) is 101 Å². The van der Waals surface area contributed by atoms with Crippen LogP contribution in [0.1, 0.15) is 29.2 Å². The van der Waals surface area contributed by atoms with Crippen molar-refractivity contribution in [1.29, 1.82) is 0 Å². The number of imide groups is 2. The number of benzene rings is 4. The number of barbiturate groups is 1. The van der Waals surface area contributed by atoms with Crippen molar-refractivity contribution in [2.24, 2.45) is 0 Å². The topological polar surface area (TPSA) is 84.9 Å². The first-order valence-corrected chi connectivity index (χ1v) is 15.1. The summed E-state index contributed by atoms with van der Waals surface area (Å²) >= 11 is 5.85. The molecule has 9 heteroatoms. The molecular weight excluding hydrogens is 711 g/mol. The van der Waals surface area contributed by atoms with Gasteiger partial charge in [0.25, 0.3) is 11.8 Å². The lowest BCUT2D eigenvalue weighted by atomic mass is 10.0. The van der Waals surface area contributed by atoms with Crippen LogP contribution in [0, 0.1) is 3.57 Å². The van der Waals surface area contributed by atoms with E-state index in [9.17, 15) is 14.4 Å². The van der Waals surface area contributed by atoms with Crippen LogP contribution in [0.5, 0.6) is 11.5 Å². The smallest absolute Gasteiger partial charge is 0.335 e. The Morgan fingerprint density at radius 3 is 2.33 bits per heavy atom. The van der Waals surface area contributed by atoms with Gasteiger partial charge in [0, 0.05) is 20.0 Å². The second-order valence-corrected chi connectivity index (χ2v) is 11.4. The normalized spacial score (nSPS) is 14.2. The molecule has 1 N–H and O–H groups in total. The van der Waals surface area contributed by atoms with Gasteiger partial charge in [-0.15, -0.1) is 0 Å². The van der Waals surface area contributed by atoms with Gasteiger partial charge in [-0.2, -0.15) is 0 Å². The van der Waals surface area contributed by atoms with E-state index in [1.807, 2.05) is 73.7 Å². The first-order valence-electron chi connectivity index (χ1n) is 13.2. The van der Waals surface area contributed by atoms with Crippen molar-refractivity contribution in [2.75, 3.05) is 11.5 Å². The van der Waals surface area contributed by atoms with Crippen LogP contribution >= 0.6 is 38.5 Å². The minimum Gasteiger partial charge on any atom is -0.494 e. The molecule has 0 spiro atoms. The van der Waals surface area contributed by atoms with Crippen LogP contribution in [0.3, 0.4) is 0 Å². The maximum absolute atomic E-state index is 13.5. The summed E-state index contributed by atoms with van der Waals surface area (Å²) in [6, 6.07) is 27.2. The number of carbonyl (C=O) groups excluding carboxylic acids is 3. The Kier molecular flexibility index (Phi) is 9.38. The van der Waals surface area contributed by atoms with E-state index >= 15 is 0 Å². The number of carbonyl (C=O) groups is 3. The van der Waals surface area contributed by atoms with Crippen LogP contribution in [0.2, 0.25) is 0 Å². The van der Waals surface area contributed by atoms with Crippen LogP contribution in [-0.4, -0.2) is 24.5 Å². The summed E-state index contributed by atoms with van der Waals surface area (Å²) in [5.41, 5.74) is 3.89. The highest BCUT2D eigenvalue weighted by atomic mass is 127. The SMILES string of the molecule is CCOc1cc(/C=C2\C(=O)NC(=O)N(c3ccc(OCc4ccccc4)cc3)C2=O)cc(I)c1Cc1ccccc1Br. The van der Waals surface area contributed by atoms with E-state index in [4.69, 9.17) is 9.47 Å². The second kappa shape index (κ2) is 13.3. The van der Waals surface area contributed by atoms with Gasteiger partial charge in [0.2, 0.25) is 0 Å². The molecule has 0 atom stereocenters. The van der Waals surface area contributed by atoms with E-state index in [1.165, 1.54) is 6.08 Å². The predicted molar refractivity (Wildman–Crippen MR) is 173 cm³/mol. The summed E-state index contributed by atoms with van der Waals surface area (Å²) in [6.07, 6.45) is 2.12. The lowest BCUT2D eigenvalue weighted by Crippen LogP contribution is -2.54. The molecule has 7 nitrogen and oxygen atoms in total. The lowest BCUT2D eigenvalue weighted by molar-refractivity contribution is -0.122. The number of urea groups is 1. The van der Waals surface area contributed by atoms with E-state index in [2.05, 4.69) is 43.8 Å². The van der Waals surface area contributed by atoms with Crippen molar-refractivity contribution in [3.05, 3.63) is 127 Å². The number of rotatable bonds is 9. The molecule has 212 valence electrons. The Morgan fingerprint density at radius 2 is 1.62 bits per heavy atom. The maximum atomic E-state index is 13.5. The minimum absolute atomic E-state index is 0.157. The van der Waals surface area contributed by atoms with E-state index in [0.29, 0.717) is 42.4 Å². The molecule has 0 saturated carbocycles. The average molecular weight is 737 g/mol. The molecule has 1 aliphatic heterocycles. The van der Waals surface area contributed by atoms with Crippen LogP contribution in [0.4, 0.5) is 10.5 Å². The van der Waals surface area contributed by atoms with Gasteiger partial charge in [-0.25, -0.2) is 9.69 Å². The molecule has 5 rings (SSSR count). The van der Waals surface area contributed by atoms with Gasteiger partial charge in [-0.1, -0.05) is 64.5 Å². The quantitative estimate of drug-likeness (QED) is 0.111. The Bertz CT molecular complexity index is 1670. The number of halogens is 2. The Balaban J connectivity index is 1.40. The fourth-order valence-corrected chi connectivity index (χ4v) is 5.73. The summed E-state index contributed by atoms with van der Waals surface area (Å²) in [5.74, 6) is -0.226. The molecule has 1 heterocycles. The predicted octanol–water partition coefficient (Wildman–Crippen LogP) is 7.29. The van der Waals surface area contributed by atoms with Crippen LogP contribution in [-0.2, 0) is 22.6 Å². The van der Waals surface area contributed by atoms with Crippen molar-refractivity contribution >= 4 is 68.1 Å². The Morgan fingerprint density at radius 1 is 0.905 bits per heavy atom. The number of hydrogen-bond acceptors (Lipinski definition) is 5. The van der Waals surface area contributed by atoms with Crippen molar-refractivity contribution in [3.63, 3.8) is 0 Å². The van der Waals surface area contributed by atoms with Crippen molar-refractivity contribution in [1.82, 2.24) is 5.32 Å². The number of ether oxygens (including phenoxy) is 2. The molecule has 0 bridgehead atoms. The summed E-state index contributed by atoms with van der Waals surface area (Å²) in [7, 11) is 0. The van der Waals surface area contributed by atoms with Crippen molar-refractivity contribution in [3.8, 4) is 11.5 Å². The molecule has 1 fully saturated rings. The van der Waals surface area contributed by atoms with Crippen LogP contribution in [0.25, 0.3) is 6.08 Å². The Hall–Kier alpha value is -3.96. The minimum atomic E-state index is -0.812. The van der Waals surface area contributed by atoms with Gasteiger partial charge in [-0.3, -0.25) is 14.9 Å². The number of nitrogens with zero attached hydrogens (tertiary/aromatic N) is 1. The molecule has 1 saturated heterocycles. The highest BCUT2D eigenvalue weighted by molar-refractivity contribution is 14.1. The number of amides is 4. The molecule has 4 aromatic carbocycles. The van der Waals surface area contributed by atoms with Gasteiger partial charge >= 0.3 is 6.03 Å². The molecule has 0 radical (unpaired) electrons. The first-order chi connectivity index (χ1) is 20.3. The van der Waals surface area contributed by atoms with Gasteiger partial charge in [0.15, 0.2) is 0 Å². The Labute approximate surface area is 265 Å². The fourth-order valence-electron chi connectivity index (χ4n) is 4.49. The van der Waals surface area contributed by atoms with Gasteiger partial charge in [0.05, 0.1) is 12.3 Å². The lowest BCUT2D eigenvalue weighted by Gasteiger charge is -2.26. The summed E-state index contributed by atoms with van der Waals surface area (Å²) < 4.78 is 13.7. The zero-order valence-electron chi connectivity index (χ0n) is 22.6. The number of hydrogen-bond donors (Lipinski definition) is 1. The monoisotopic (exact) mass is 736 g/mol. The highest BCUT2D eigenvalue weighted by Gasteiger charge is 2.37. The van der Waals surface area contributed by atoms with Gasteiger partial charge in [-0.05, 0) is 94.7 Å². The zero-order chi connectivity index (χ0) is 29.6. The van der Waals surface area contributed by atoms with E-state index in [0.717, 1.165) is 29.6 Å². The molecule has 4 aromatic rings. The van der Waals surface area contributed by atoms with E-state index < -0.39 is 17.8 Å². The second-order valence-electron chi connectivity index (χ2n) is 9.41. The average Bonchev–Trinajstić information content (AvgIpc) is 2.98. The molecular formula is C33H26BrIN2O5. The zero-order valence-corrected chi connectivity index (χ0v) is 26.3. The third-order valence-corrected chi connectivity index (χ3v) is 8.29. The summed E-state index contributed by atoms with van der Waals surface area (Å²) in [6.45, 7) is 2.74. The molecule has 4 amide bonds. The molecule has 0 unspecified atom stereocenters. The number of anilines is 1. The van der Waals surface area contributed by atoms with E-state index in [-0.39, 0.29) is 5.57 Å². The third-order valence-electron chi connectivity index (χ3n) is 6.56. The summed E-state index contributed by atoms with van der Waals surface area (Å²) in [4.78, 5) is 40.0. The number of nitrogens with one attached hydrogen (secondary N) is 1. The molecule has 42 heavy (non-hydrogen) atoms. The highest BCUT2D eigenvalue weighted by Crippen LogP contribution is 2.32. The largest absolute Gasteiger partial charge is 0.494 e.